The third-order valence-corrected chi connectivity index (χ3v) is 8.79. The summed E-state index contributed by atoms with van der Waals surface area (Å²) in [6.07, 6.45) is 0. The number of hydrogen-bond acceptors (Lipinski definition) is 7. The zero-order chi connectivity index (χ0) is 33.6. The summed E-state index contributed by atoms with van der Waals surface area (Å²) < 4.78 is 16.1. The third kappa shape index (κ3) is 4.98. The average molecular weight is 631 g/mol. The number of nitrogens with zero attached hydrogens (tertiary/aromatic N) is 2. The van der Waals surface area contributed by atoms with E-state index < -0.39 is 17.4 Å². The van der Waals surface area contributed by atoms with Crippen molar-refractivity contribution in [3.8, 4) is 57.7 Å². The molecule has 0 amide bonds. The molecule has 0 saturated carbocycles. The van der Waals surface area contributed by atoms with Gasteiger partial charge in [-0.25, -0.2) is 9.59 Å². The van der Waals surface area contributed by atoms with Gasteiger partial charge in [0.1, 0.15) is 0 Å². The predicted octanol–water partition coefficient (Wildman–Crippen LogP) is 7.03. The zero-order valence-corrected chi connectivity index (χ0v) is 27.1. The van der Waals surface area contributed by atoms with E-state index >= 15 is 0 Å². The Hall–Kier alpha value is -6.18. The van der Waals surface area contributed by atoms with Gasteiger partial charge in [0.25, 0.3) is 0 Å². The molecule has 1 heterocycles. The second kappa shape index (κ2) is 11.6. The van der Waals surface area contributed by atoms with Crippen LogP contribution in [0.25, 0.3) is 34.0 Å². The largest absolute Gasteiger partial charge is 0.466 e. The van der Waals surface area contributed by atoms with Crippen molar-refractivity contribution in [2.45, 2.75) is 31.6 Å². The molecule has 0 unspecified atom stereocenters. The Labute approximate surface area is 278 Å². The average Bonchev–Trinajstić information content (AvgIpc) is 3.40. The summed E-state index contributed by atoms with van der Waals surface area (Å²) >= 11 is 0. The van der Waals surface area contributed by atoms with E-state index in [0.29, 0.717) is 28.5 Å². The van der Waals surface area contributed by atoms with Crippen molar-refractivity contribution in [1.82, 2.24) is 10.2 Å². The molecule has 0 aliphatic heterocycles. The van der Waals surface area contributed by atoms with Crippen molar-refractivity contribution >= 4 is 11.9 Å². The molecule has 48 heavy (non-hydrogen) atoms. The minimum Gasteiger partial charge on any atom is -0.466 e. The second-order valence-electron chi connectivity index (χ2n) is 12.6. The molecule has 4 aromatic carbocycles. The summed E-state index contributed by atoms with van der Waals surface area (Å²) in [6.45, 7) is 6.53. The zero-order valence-electron chi connectivity index (χ0n) is 27.1. The lowest BCUT2D eigenvalue weighted by Gasteiger charge is -2.18. The quantitative estimate of drug-likeness (QED) is 0.156. The Bertz CT molecular complexity index is 2250. The van der Waals surface area contributed by atoms with Crippen LogP contribution in [0.2, 0.25) is 0 Å². The highest BCUT2D eigenvalue weighted by Crippen LogP contribution is 2.66. The topological polar surface area (TPSA) is 91.5 Å². The molecule has 0 radical (unpaired) electrons. The number of esters is 2. The van der Waals surface area contributed by atoms with Crippen LogP contribution in [0.15, 0.2) is 107 Å². The second-order valence-corrected chi connectivity index (χ2v) is 12.6. The Morgan fingerprint density at radius 3 is 1.77 bits per heavy atom. The fraction of sp³-hybridized carbons (Fsp3) is 0.171. The lowest BCUT2D eigenvalue weighted by atomic mass is 9.85. The van der Waals surface area contributed by atoms with E-state index in [1.807, 2.05) is 78.9 Å². The maximum atomic E-state index is 12.9. The Balaban J connectivity index is 1.11. The summed E-state index contributed by atoms with van der Waals surface area (Å²) in [7, 11) is 2.61. The highest BCUT2D eigenvalue weighted by Gasteiger charge is 2.66. The molecule has 7 heteroatoms. The van der Waals surface area contributed by atoms with Crippen LogP contribution in [-0.4, -0.2) is 36.4 Å². The molecular weight excluding hydrogens is 600 g/mol. The van der Waals surface area contributed by atoms with Crippen LogP contribution in [0.4, 0.5) is 0 Å². The number of methoxy groups -OCH3 is 2. The molecular formula is C41H30N2O5. The van der Waals surface area contributed by atoms with Crippen LogP contribution < -0.4 is 0 Å². The first-order chi connectivity index (χ1) is 23.2. The van der Waals surface area contributed by atoms with Gasteiger partial charge in [-0.1, -0.05) is 75.1 Å². The van der Waals surface area contributed by atoms with Crippen molar-refractivity contribution in [1.29, 1.82) is 0 Å². The van der Waals surface area contributed by atoms with Gasteiger partial charge in [-0.05, 0) is 93.6 Å². The predicted molar refractivity (Wildman–Crippen MR) is 181 cm³/mol. The number of carbonyl (C=O) groups excluding carboxylic acids is 2. The maximum absolute atomic E-state index is 12.9. The van der Waals surface area contributed by atoms with Crippen LogP contribution in [0, 0.1) is 23.7 Å². The van der Waals surface area contributed by atoms with Gasteiger partial charge < -0.3 is 13.9 Å². The highest BCUT2D eigenvalue weighted by atomic mass is 16.5. The van der Waals surface area contributed by atoms with E-state index in [0.717, 1.165) is 38.9 Å². The molecule has 234 valence electrons. The Morgan fingerprint density at radius 2 is 1.19 bits per heavy atom. The number of benzene rings is 4. The number of fused-ring (bicyclic) bond motifs is 5. The molecule has 1 aromatic heterocycles. The Kier molecular flexibility index (Phi) is 7.34. The van der Waals surface area contributed by atoms with Gasteiger partial charge >= 0.3 is 11.9 Å². The molecule has 2 aliphatic rings. The first-order valence-corrected chi connectivity index (χ1v) is 15.4. The van der Waals surface area contributed by atoms with Crippen LogP contribution in [0.1, 0.15) is 48.6 Å². The lowest BCUT2D eigenvalue weighted by Crippen LogP contribution is -2.19. The molecule has 7 nitrogen and oxygen atoms in total. The fourth-order valence-electron chi connectivity index (χ4n) is 6.36. The lowest BCUT2D eigenvalue weighted by molar-refractivity contribution is -0.137. The monoisotopic (exact) mass is 630 g/mol. The number of carbonyl (C=O) groups is 2. The summed E-state index contributed by atoms with van der Waals surface area (Å²) in [5.41, 5.74) is 7.52. The van der Waals surface area contributed by atoms with Gasteiger partial charge in [0.05, 0.1) is 30.8 Å². The number of aromatic nitrogens is 2. The summed E-state index contributed by atoms with van der Waals surface area (Å²) in [5.74, 6) is 11.8. The molecule has 0 atom stereocenters. The fourth-order valence-corrected chi connectivity index (χ4v) is 6.36. The Morgan fingerprint density at radius 1 is 0.667 bits per heavy atom. The summed E-state index contributed by atoms with van der Waals surface area (Å²) in [4.78, 5) is 25.7. The third-order valence-electron chi connectivity index (χ3n) is 8.79. The van der Waals surface area contributed by atoms with Crippen LogP contribution >= 0.6 is 0 Å². The van der Waals surface area contributed by atoms with Gasteiger partial charge in [0, 0.05) is 22.3 Å². The van der Waals surface area contributed by atoms with Gasteiger partial charge in [0.2, 0.25) is 11.8 Å². The number of hydrogen-bond donors (Lipinski definition) is 0. The molecule has 0 bridgehead atoms. The van der Waals surface area contributed by atoms with E-state index in [1.54, 1.807) is 0 Å². The van der Waals surface area contributed by atoms with Crippen LogP contribution in [-0.2, 0) is 29.9 Å². The van der Waals surface area contributed by atoms with Gasteiger partial charge in [-0.15, -0.1) is 10.2 Å². The van der Waals surface area contributed by atoms with Crippen molar-refractivity contribution < 1.29 is 23.5 Å². The summed E-state index contributed by atoms with van der Waals surface area (Å²) in [6, 6.07) is 29.2. The first kappa shape index (κ1) is 30.5. The smallest absolute Gasteiger partial charge is 0.335 e. The van der Waals surface area contributed by atoms with Gasteiger partial charge in [-0.3, -0.25) is 0 Å². The van der Waals surface area contributed by atoms with Gasteiger partial charge in [0.15, 0.2) is 0 Å². The minimum atomic E-state index is -1.02. The first-order valence-electron chi connectivity index (χ1n) is 15.4. The minimum absolute atomic E-state index is 0.0649. The van der Waals surface area contributed by atoms with E-state index in [9.17, 15) is 9.59 Å². The summed E-state index contributed by atoms with van der Waals surface area (Å²) in [5, 5.41) is 8.47. The molecule has 0 fully saturated rings. The molecule has 7 rings (SSSR count). The SMILES string of the molecule is COC(=O)C1=C(C(=O)OC)C12c1ccccc1-c1ccc(C#CC#Cc3ccc(-c4nnc(-c5ccc(C(C)(C)C)cc5)o4)cc3)cc12. The number of rotatable bonds is 4. The van der Waals surface area contributed by atoms with E-state index in [4.69, 9.17) is 13.9 Å². The standard InChI is InChI=1S/C41H30N2O5/c1-40(2,3)29-21-19-28(20-22-29)37-43-42-36(48-37)27-17-14-25(15-18-27)10-6-7-11-26-16-23-31-30-12-8-9-13-32(30)41(33(31)24-26)34(38(44)46-4)35(41)39(45)47-5/h8-9,12-24H,1-5H3. The number of ether oxygens (including phenoxy) is 2. The van der Waals surface area contributed by atoms with E-state index in [1.165, 1.54) is 19.8 Å². The molecule has 5 aromatic rings. The van der Waals surface area contributed by atoms with Gasteiger partial charge in [-0.2, -0.15) is 0 Å². The van der Waals surface area contributed by atoms with Crippen molar-refractivity contribution in [3.63, 3.8) is 0 Å². The molecule has 1 spiro atoms. The van der Waals surface area contributed by atoms with Crippen LogP contribution in [0.3, 0.4) is 0 Å². The maximum Gasteiger partial charge on any atom is 0.335 e. The molecule has 0 N–H and O–H groups in total. The molecule has 2 aliphatic carbocycles. The highest BCUT2D eigenvalue weighted by molar-refractivity contribution is 6.18. The van der Waals surface area contributed by atoms with Crippen molar-refractivity contribution in [3.05, 3.63) is 130 Å². The normalized spacial score (nSPS) is 13.4. The van der Waals surface area contributed by atoms with E-state index in [2.05, 4.69) is 66.8 Å². The van der Waals surface area contributed by atoms with Crippen molar-refractivity contribution in [2.24, 2.45) is 0 Å². The van der Waals surface area contributed by atoms with Crippen LogP contribution in [0.5, 0.6) is 0 Å². The van der Waals surface area contributed by atoms with Crippen molar-refractivity contribution in [2.75, 3.05) is 14.2 Å². The molecule has 0 saturated heterocycles. The van der Waals surface area contributed by atoms with E-state index in [-0.39, 0.29) is 5.41 Å².